The molecule has 2 nitrogen and oxygen atoms in total. The van der Waals surface area contributed by atoms with Crippen LogP contribution < -0.4 is 0 Å². The van der Waals surface area contributed by atoms with Crippen molar-refractivity contribution in [2.45, 2.75) is 40.0 Å². The Morgan fingerprint density at radius 3 is 2.75 bits per heavy atom. The summed E-state index contributed by atoms with van der Waals surface area (Å²) in [7, 11) is 0. The monoisotopic (exact) mass is 164 g/mol. The van der Waals surface area contributed by atoms with Crippen molar-refractivity contribution in [1.29, 1.82) is 0 Å². The van der Waals surface area contributed by atoms with Crippen LogP contribution in [0.1, 0.15) is 37.4 Å². The minimum atomic E-state index is 0.903. The number of hydrogen-bond acceptors (Lipinski definition) is 2. The van der Waals surface area contributed by atoms with Crippen molar-refractivity contribution in [2.75, 3.05) is 0 Å². The Morgan fingerprint density at radius 1 is 1.25 bits per heavy atom. The molecular formula is C10H16N2. The van der Waals surface area contributed by atoms with Gasteiger partial charge in [-0.25, -0.2) is 9.97 Å². The van der Waals surface area contributed by atoms with E-state index in [0.717, 1.165) is 12.2 Å². The van der Waals surface area contributed by atoms with E-state index in [1.54, 1.807) is 0 Å². The minimum absolute atomic E-state index is 0.903. The van der Waals surface area contributed by atoms with E-state index in [-0.39, 0.29) is 0 Å². The standard InChI is InChI=1S/C8H10N2.C2H6/c1-6-9-5-7-3-2-4-8(7)10-6;1-2/h5H,2-4H2,1H3;1-2H3. The normalized spacial score (nSPS) is 13.2. The molecule has 1 aliphatic rings. The molecule has 1 aromatic heterocycles. The molecule has 1 aliphatic carbocycles. The van der Waals surface area contributed by atoms with Crippen LogP contribution >= 0.6 is 0 Å². The van der Waals surface area contributed by atoms with E-state index in [1.165, 1.54) is 24.1 Å². The molecule has 2 rings (SSSR count). The number of rotatable bonds is 0. The lowest BCUT2D eigenvalue weighted by Gasteiger charge is -1.96. The van der Waals surface area contributed by atoms with E-state index >= 15 is 0 Å². The van der Waals surface area contributed by atoms with Gasteiger partial charge in [-0.1, -0.05) is 13.8 Å². The molecule has 0 N–H and O–H groups in total. The van der Waals surface area contributed by atoms with Crippen molar-refractivity contribution >= 4 is 0 Å². The van der Waals surface area contributed by atoms with E-state index in [0.29, 0.717) is 0 Å². The van der Waals surface area contributed by atoms with Gasteiger partial charge < -0.3 is 0 Å². The van der Waals surface area contributed by atoms with Gasteiger partial charge in [0.1, 0.15) is 5.82 Å². The number of hydrogen-bond donors (Lipinski definition) is 0. The van der Waals surface area contributed by atoms with Gasteiger partial charge in [-0.15, -0.1) is 0 Å². The lowest BCUT2D eigenvalue weighted by molar-refractivity contribution is 0.895. The summed E-state index contributed by atoms with van der Waals surface area (Å²) in [6.45, 7) is 5.94. The topological polar surface area (TPSA) is 25.8 Å². The highest BCUT2D eigenvalue weighted by atomic mass is 14.9. The number of fused-ring (bicyclic) bond motifs is 1. The molecule has 2 heteroatoms. The predicted molar refractivity (Wildman–Crippen MR) is 50.1 cm³/mol. The van der Waals surface area contributed by atoms with Crippen molar-refractivity contribution in [3.63, 3.8) is 0 Å². The van der Waals surface area contributed by atoms with Gasteiger partial charge in [0.15, 0.2) is 0 Å². The van der Waals surface area contributed by atoms with Gasteiger partial charge in [0.05, 0.1) is 0 Å². The van der Waals surface area contributed by atoms with Crippen LogP contribution in [0.15, 0.2) is 6.20 Å². The van der Waals surface area contributed by atoms with Crippen LogP contribution in [0, 0.1) is 6.92 Å². The molecule has 12 heavy (non-hydrogen) atoms. The summed E-state index contributed by atoms with van der Waals surface area (Å²) in [4.78, 5) is 8.48. The Bertz CT molecular complexity index is 256. The van der Waals surface area contributed by atoms with Crippen LogP contribution in [0.5, 0.6) is 0 Å². The third-order valence-corrected chi connectivity index (χ3v) is 1.93. The van der Waals surface area contributed by atoms with Gasteiger partial charge in [-0.2, -0.15) is 0 Å². The second kappa shape index (κ2) is 4.19. The first-order valence-electron chi connectivity index (χ1n) is 4.67. The molecule has 0 saturated heterocycles. The maximum atomic E-state index is 4.34. The van der Waals surface area contributed by atoms with E-state index in [1.807, 2.05) is 27.0 Å². The zero-order chi connectivity index (χ0) is 8.97. The van der Waals surface area contributed by atoms with Crippen molar-refractivity contribution in [3.8, 4) is 0 Å². The largest absolute Gasteiger partial charge is 0.241 e. The fraction of sp³-hybridized carbons (Fsp3) is 0.600. The quantitative estimate of drug-likeness (QED) is 0.588. The van der Waals surface area contributed by atoms with Crippen molar-refractivity contribution < 1.29 is 0 Å². The minimum Gasteiger partial charge on any atom is -0.241 e. The Hall–Kier alpha value is -0.920. The maximum Gasteiger partial charge on any atom is 0.125 e. The second-order valence-electron chi connectivity index (χ2n) is 2.74. The van der Waals surface area contributed by atoms with Crippen LogP contribution in [-0.2, 0) is 12.8 Å². The van der Waals surface area contributed by atoms with Gasteiger partial charge in [-0.3, -0.25) is 0 Å². The molecule has 0 atom stereocenters. The molecule has 0 spiro atoms. The van der Waals surface area contributed by atoms with Crippen LogP contribution in [0.4, 0.5) is 0 Å². The average molecular weight is 164 g/mol. The molecule has 0 amide bonds. The summed E-state index contributed by atoms with van der Waals surface area (Å²) < 4.78 is 0. The summed E-state index contributed by atoms with van der Waals surface area (Å²) >= 11 is 0. The van der Waals surface area contributed by atoms with Gasteiger partial charge in [0.25, 0.3) is 0 Å². The Balaban J connectivity index is 0.000000336. The zero-order valence-electron chi connectivity index (χ0n) is 8.09. The highest BCUT2D eigenvalue weighted by molar-refractivity contribution is 5.21. The van der Waals surface area contributed by atoms with Crippen LogP contribution in [0.25, 0.3) is 0 Å². The number of aromatic nitrogens is 2. The molecule has 1 heterocycles. The van der Waals surface area contributed by atoms with Gasteiger partial charge in [0, 0.05) is 11.9 Å². The molecule has 0 unspecified atom stereocenters. The average Bonchev–Trinajstić information content (AvgIpc) is 2.54. The smallest absolute Gasteiger partial charge is 0.125 e. The fourth-order valence-corrected chi connectivity index (χ4v) is 1.41. The van der Waals surface area contributed by atoms with E-state index in [9.17, 15) is 0 Å². The third-order valence-electron chi connectivity index (χ3n) is 1.93. The van der Waals surface area contributed by atoms with Crippen molar-refractivity contribution in [2.24, 2.45) is 0 Å². The summed E-state index contributed by atoms with van der Waals surface area (Å²) in [5.74, 6) is 0.903. The predicted octanol–water partition coefficient (Wildman–Crippen LogP) is 2.30. The zero-order valence-corrected chi connectivity index (χ0v) is 8.09. The number of aryl methyl sites for hydroxylation is 3. The Morgan fingerprint density at radius 2 is 2.00 bits per heavy atom. The Kier molecular flexibility index (Phi) is 3.20. The van der Waals surface area contributed by atoms with Gasteiger partial charge in [0.2, 0.25) is 0 Å². The lowest BCUT2D eigenvalue weighted by atomic mass is 10.3. The summed E-state index contributed by atoms with van der Waals surface area (Å²) in [6, 6.07) is 0. The molecule has 0 bridgehead atoms. The molecule has 66 valence electrons. The van der Waals surface area contributed by atoms with Crippen LogP contribution in [0.3, 0.4) is 0 Å². The Labute approximate surface area is 74.1 Å². The second-order valence-corrected chi connectivity index (χ2v) is 2.74. The summed E-state index contributed by atoms with van der Waals surface area (Å²) in [5, 5.41) is 0. The first-order valence-corrected chi connectivity index (χ1v) is 4.67. The molecule has 0 aliphatic heterocycles. The SMILES string of the molecule is CC.Cc1ncc2c(n1)CCC2. The molecule has 0 aromatic carbocycles. The van der Waals surface area contributed by atoms with E-state index < -0.39 is 0 Å². The first-order chi connectivity index (χ1) is 5.86. The maximum absolute atomic E-state index is 4.34. The third kappa shape index (κ3) is 1.81. The fourth-order valence-electron chi connectivity index (χ4n) is 1.41. The van der Waals surface area contributed by atoms with E-state index in [2.05, 4.69) is 9.97 Å². The molecule has 0 fully saturated rings. The van der Waals surface area contributed by atoms with Crippen LogP contribution in [-0.4, -0.2) is 9.97 Å². The van der Waals surface area contributed by atoms with Crippen LogP contribution in [0.2, 0.25) is 0 Å². The van der Waals surface area contributed by atoms with Gasteiger partial charge >= 0.3 is 0 Å². The number of nitrogens with zero attached hydrogens (tertiary/aromatic N) is 2. The highest BCUT2D eigenvalue weighted by Crippen LogP contribution is 2.17. The van der Waals surface area contributed by atoms with Crippen molar-refractivity contribution in [1.82, 2.24) is 9.97 Å². The molecule has 0 radical (unpaired) electrons. The summed E-state index contributed by atoms with van der Waals surface area (Å²) in [5.41, 5.74) is 2.62. The molecular weight excluding hydrogens is 148 g/mol. The molecule has 1 aromatic rings. The lowest BCUT2D eigenvalue weighted by Crippen LogP contribution is -1.93. The van der Waals surface area contributed by atoms with Gasteiger partial charge in [-0.05, 0) is 31.7 Å². The summed E-state index contributed by atoms with van der Waals surface area (Å²) in [6.07, 6.45) is 5.55. The van der Waals surface area contributed by atoms with Crippen molar-refractivity contribution in [3.05, 3.63) is 23.3 Å². The van der Waals surface area contributed by atoms with E-state index in [4.69, 9.17) is 0 Å². The molecule has 0 saturated carbocycles. The highest BCUT2D eigenvalue weighted by Gasteiger charge is 2.11. The first kappa shape index (κ1) is 9.17.